The Hall–Kier alpha value is -10.4. The molecule has 12 amide bonds. The van der Waals surface area contributed by atoms with Gasteiger partial charge >= 0.3 is 5.97 Å². The molecule has 0 aliphatic carbocycles. The van der Waals surface area contributed by atoms with Crippen LogP contribution in [-0.4, -0.2) is 276 Å². The molecule has 0 aromatic heterocycles. The van der Waals surface area contributed by atoms with Crippen LogP contribution >= 0.6 is 11.8 Å². The number of carboxylic acids is 1. The number of nitrogens with zero attached hydrogens (tertiary/aromatic N) is 5. The number of hydrogen-bond acceptors (Lipinski definition) is 25. The highest BCUT2D eigenvalue weighted by Gasteiger charge is 2.38. The molecule has 0 unspecified atom stereocenters. The number of carbonyl (C=O) groups is 13. The molecule has 0 rings (SSSR count). The summed E-state index contributed by atoms with van der Waals surface area (Å²) >= 11 is 1.28. The summed E-state index contributed by atoms with van der Waals surface area (Å²) in [7, 11) is 0. The number of carboxylic acid groups (broad SMARTS) is 1. The van der Waals surface area contributed by atoms with Crippen molar-refractivity contribution in [2.45, 2.75) is 221 Å². The number of thioether (sulfide) groups is 1. The quantitative estimate of drug-likeness (QED) is 0.0153. The highest BCUT2D eigenvalue weighted by Crippen LogP contribution is 2.13. The van der Waals surface area contributed by atoms with E-state index in [9.17, 15) is 82.8 Å². The minimum atomic E-state index is -2.01. The molecule has 0 aliphatic rings. The molecule has 0 saturated carbocycles. The van der Waals surface area contributed by atoms with Gasteiger partial charge < -0.3 is 159 Å². The van der Waals surface area contributed by atoms with E-state index in [4.69, 9.17) is 80.3 Å². The Morgan fingerprint density at radius 1 is 0.333 bits per heavy atom. The number of unbranched alkanes of at least 4 members (excludes halogenated alkanes) is 2. The molecule has 632 valence electrons. The molecule has 0 aromatic rings. The molecule has 0 spiro atoms. The molecule has 0 radical (unpaired) electrons. The summed E-state index contributed by atoms with van der Waals surface area (Å²) in [6.07, 6.45) is -2.25. The van der Waals surface area contributed by atoms with Crippen molar-refractivity contribution in [2.24, 2.45) is 105 Å². The van der Waals surface area contributed by atoms with Crippen LogP contribution in [-0.2, 0) is 62.3 Å². The predicted molar refractivity (Wildman–Crippen MR) is 414 cm³/mol. The van der Waals surface area contributed by atoms with Gasteiger partial charge in [-0.15, -0.1) is 0 Å². The summed E-state index contributed by atoms with van der Waals surface area (Å²) in [5.41, 5.74) is 77.6. The Labute approximate surface area is 647 Å². The lowest BCUT2D eigenvalue weighted by Crippen LogP contribution is -2.63. The van der Waals surface area contributed by atoms with E-state index in [0.29, 0.717) is 12.8 Å². The van der Waals surface area contributed by atoms with Crippen LogP contribution in [0.4, 0.5) is 0 Å². The van der Waals surface area contributed by atoms with Crippen LogP contribution < -0.4 is 139 Å². The van der Waals surface area contributed by atoms with Gasteiger partial charge in [-0.1, -0.05) is 0 Å². The maximum Gasteiger partial charge on any atom is 0.326 e. The summed E-state index contributed by atoms with van der Waals surface area (Å²) < 4.78 is 0. The van der Waals surface area contributed by atoms with Gasteiger partial charge in [0, 0.05) is 39.1 Å². The first-order valence-corrected chi connectivity index (χ1v) is 37.5. The number of aliphatic carboxylic acids is 1. The average Bonchev–Trinajstić information content (AvgIpc) is 0.858. The van der Waals surface area contributed by atoms with E-state index >= 15 is 0 Å². The minimum Gasteiger partial charge on any atom is -0.480 e. The summed E-state index contributed by atoms with van der Waals surface area (Å²) in [5, 5.41) is 69.3. The van der Waals surface area contributed by atoms with Gasteiger partial charge in [0.15, 0.2) is 29.8 Å². The Morgan fingerprint density at radius 3 is 0.874 bits per heavy atom. The summed E-state index contributed by atoms with van der Waals surface area (Å²) in [5.74, 6) is -15.0. The number of hydrogen-bond donors (Lipinski definition) is 29. The largest absolute Gasteiger partial charge is 0.480 e. The number of nitrogens with one attached hydrogen (secondary N) is 11. The zero-order chi connectivity index (χ0) is 84.3. The van der Waals surface area contributed by atoms with Crippen LogP contribution in [0.5, 0.6) is 0 Å². The Morgan fingerprint density at radius 2 is 0.586 bits per heavy atom. The third-order valence-corrected chi connectivity index (χ3v) is 16.9. The van der Waals surface area contributed by atoms with Gasteiger partial charge in [0.05, 0.1) is 24.9 Å². The number of guanidine groups is 5. The van der Waals surface area contributed by atoms with Crippen molar-refractivity contribution < 1.29 is 82.8 Å². The summed E-state index contributed by atoms with van der Waals surface area (Å²) in [6.45, 7) is 1.26. The van der Waals surface area contributed by atoms with Crippen molar-refractivity contribution in [1.82, 2.24) is 58.5 Å². The predicted octanol–water partition coefficient (Wildman–Crippen LogP) is -13.0. The normalized spacial score (nSPS) is 14.7. The van der Waals surface area contributed by atoms with Gasteiger partial charge in [-0.3, -0.25) is 82.5 Å². The standard InChI is InChI=1S/C63H122N30O17S/c1-32(95)45(56(107)89-41(22-30-111-3)52(103)84-35(14-4-6-23-64)50(101)90-42(58(109)110)19-12-29-82-63(76)77)92-53(104)36(15-5-7-24-65)87-55(106)43(31-94)91-57(108)46(33(2)96)93-54(105)39(18-11-28-81-62(74)75)86-49(100)38(17-10-27-80-61(72)73)85-51(102)40(20-21-44(67)97)88-48(99)37(16-9-26-79-60(70)71)83-47(98)34(66)13-8-25-78-59(68)69/h32-43,45-46,94-96H,4-31,64-66H2,1-3H3,(H2,67,97)(H,83,98)(H,84,103)(H,85,102)(H,86,100)(H,87,106)(H,88,99)(H,89,107)(H,90,101)(H,91,108)(H,92,104)(H,93,105)(H,109,110)(H4,68,69,78)(H4,70,71,79)(H4,72,73,80)(H4,74,75,81)(H4,76,77,82)/t32-,33-,34+,35+,36+,37+,38+,39+,40+,41+,42+,43+,45+,46+/m1/s1. The molecule has 0 heterocycles. The number of aliphatic imine (C=N–C) groups is 5. The van der Waals surface area contributed by atoms with E-state index in [1.165, 1.54) is 11.8 Å². The molecule has 0 fully saturated rings. The molecule has 0 aromatic carbocycles. The highest BCUT2D eigenvalue weighted by molar-refractivity contribution is 7.98. The molecule has 111 heavy (non-hydrogen) atoms. The second-order valence-corrected chi connectivity index (χ2v) is 26.7. The van der Waals surface area contributed by atoms with Crippen molar-refractivity contribution in [3.63, 3.8) is 0 Å². The third-order valence-electron chi connectivity index (χ3n) is 16.3. The number of rotatable bonds is 60. The first-order valence-electron chi connectivity index (χ1n) is 36.1. The molecule has 0 aliphatic heterocycles. The lowest BCUT2D eigenvalue weighted by atomic mass is 10.0. The van der Waals surface area contributed by atoms with Crippen LogP contribution in [0.25, 0.3) is 0 Å². The fourth-order valence-corrected chi connectivity index (χ4v) is 10.7. The molecule has 48 heteroatoms. The molecule has 14 atom stereocenters. The molecule has 47 nitrogen and oxygen atoms in total. The Bertz CT molecular complexity index is 3110. The van der Waals surface area contributed by atoms with E-state index < -0.39 is 181 Å². The number of carbonyl (C=O) groups excluding carboxylic acids is 12. The number of nitrogens with two attached hydrogens (primary N) is 14. The summed E-state index contributed by atoms with van der Waals surface area (Å²) in [6, 6.07) is -19.2. The first kappa shape index (κ1) is 101. The number of primary amides is 1. The van der Waals surface area contributed by atoms with Crippen molar-refractivity contribution in [3.8, 4) is 0 Å². The Balaban J connectivity index is 7.20. The maximum atomic E-state index is 14.6. The second kappa shape index (κ2) is 56.7. The van der Waals surface area contributed by atoms with E-state index in [1.807, 2.05) is 0 Å². The Kier molecular flexibility index (Phi) is 51.4. The zero-order valence-corrected chi connectivity index (χ0v) is 64.0. The molecule has 0 saturated heterocycles. The van der Waals surface area contributed by atoms with Gasteiger partial charge in [-0.2, -0.15) is 11.8 Å². The van der Waals surface area contributed by atoms with E-state index in [1.54, 1.807) is 6.26 Å². The fraction of sp³-hybridized carbons (Fsp3) is 0.714. The molecular weight excluding hydrogens is 1480 g/mol. The molecule has 43 N–H and O–H groups in total. The van der Waals surface area contributed by atoms with Crippen molar-refractivity contribution in [1.29, 1.82) is 0 Å². The van der Waals surface area contributed by atoms with Crippen LogP contribution in [0.2, 0.25) is 0 Å². The second-order valence-electron chi connectivity index (χ2n) is 25.7. The van der Waals surface area contributed by atoms with Gasteiger partial charge in [0.2, 0.25) is 70.9 Å². The van der Waals surface area contributed by atoms with E-state index in [0.717, 1.165) is 13.8 Å². The van der Waals surface area contributed by atoms with Crippen molar-refractivity contribution in [3.05, 3.63) is 0 Å². The smallest absolute Gasteiger partial charge is 0.326 e. The minimum absolute atomic E-state index is 0.00466. The van der Waals surface area contributed by atoms with Gasteiger partial charge in [0.1, 0.15) is 66.5 Å². The van der Waals surface area contributed by atoms with Crippen molar-refractivity contribution >= 4 is 118 Å². The van der Waals surface area contributed by atoms with Crippen LogP contribution in [0.15, 0.2) is 25.0 Å². The van der Waals surface area contributed by atoms with Crippen LogP contribution in [0.3, 0.4) is 0 Å². The van der Waals surface area contributed by atoms with Crippen molar-refractivity contribution in [2.75, 3.05) is 64.4 Å². The van der Waals surface area contributed by atoms with E-state index in [2.05, 4.69) is 83.4 Å². The van der Waals surface area contributed by atoms with Gasteiger partial charge in [-0.05, 0) is 155 Å². The zero-order valence-electron chi connectivity index (χ0n) is 63.2. The number of amides is 12. The lowest BCUT2D eigenvalue weighted by molar-refractivity contribution is -0.142. The highest BCUT2D eigenvalue weighted by atomic mass is 32.2. The number of aliphatic hydroxyl groups is 3. The first-order chi connectivity index (χ1) is 52.3. The molecule has 0 bridgehead atoms. The molecular formula is C63H122N30O17S. The van der Waals surface area contributed by atoms with Gasteiger partial charge in [-0.25, -0.2) is 4.79 Å². The lowest BCUT2D eigenvalue weighted by Gasteiger charge is -2.29. The monoisotopic (exact) mass is 1600 g/mol. The average molecular weight is 1600 g/mol. The fourth-order valence-electron chi connectivity index (χ4n) is 10.3. The maximum absolute atomic E-state index is 14.6. The van der Waals surface area contributed by atoms with E-state index in [-0.39, 0.29) is 178 Å². The van der Waals surface area contributed by atoms with Crippen LogP contribution in [0, 0.1) is 0 Å². The topological polar surface area (TPSA) is 861 Å². The van der Waals surface area contributed by atoms with Crippen LogP contribution in [0.1, 0.15) is 136 Å². The number of aliphatic hydroxyl groups excluding tert-OH is 3. The SMILES string of the molecule is CSCC[C@H](NC(=O)[C@@H](NC(=O)[C@H](CCCCN)NC(=O)[C@H](CO)NC(=O)[C@@H](NC(=O)[C@H](CCCN=C(N)N)NC(=O)[C@H](CCCN=C(N)N)NC(=O)[C@H](CCC(N)=O)NC(=O)[C@H](CCCN=C(N)N)NC(=O)[C@@H](N)CCCN=C(N)N)[C@@H](C)O)[C@@H](C)O)C(=O)N[C@@H](CCCCN)C(=O)N[C@@H](CCCN=C(N)N)C(=O)O. The van der Waals surface area contributed by atoms with Gasteiger partial charge in [0.25, 0.3) is 0 Å². The third kappa shape index (κ3) is 44.7. The summed E-state index contributed by atoms with van der Waals surface area (Å²) in [4.78, 5) is 199.